The number of carbonyl (C=O) groups excluding carboxylic acids is 1. The number of unbranched alkanes of at least 4 members (excludes halogenated alkanes) is 1. The van der Waals surface area contributed by atoms with E-state index in [2.05, 4.69) is 36.5 Å². The smallest absolute Gasteiger partial charge is 0.319 e. The van der Waals surface area contributed by atoms with Crippen LogP contribution in [-0.4, -0.2) is 47.2 Å². The Morgan fingerprint density at radius 1 is 1.18 bits per heavy atom. The summed E-state index contributed by atoms with van der Waals surface area (Å²) in [5.74, 6) is 0.273. The van der Waals surface area contributed by atoms with Gasteiger partial charge in [-0.25, -0.2) is 0 Å². The Balaban J connectivity index is 1.97. The molecule has 33 heavy (non-hydrogen) atoms. The van der Waals surface area contributed by atoms with E-state index in [1.54, 1.807) is 30.5 Å². The molecule has 9 heteroatoms. The predicted molar refractivity (Wildman–Crippen MR) is 132 cm³/mol. The minimum Gasteiger partial charge on any atom is -0.463 e. The monoisotopic (exact) mass is 470 g/mol. The number of nitrogens with two attached hydrogens (primary N) is 1. The maximum atomic E-state index is 11.2. The lowest BCUT2D eigenvalue weighted by molar-refractivity contribution is 0.0899. The summed E-state index contributed by atoms with van der Waals surface area (Å²) < 4.78 is 13.5. The number of aromatic nitrogens is 3. The number of anilines is 1. The number of rotatable bonds is 12. The van der Waals surface area contributed by atoms with Gasteiger partial charge in [-0.3, -0.25) is 4.79 Å². The van der Waals surface area contributed by atoms with Crippen molar-refractivity contribution in [2.45, 2.75) is 58.3 Å². The van der Waals surface area contributed by atoms with Crippen LogP contribution in [0.25, 0.3) is 11.0 Å². The molecule has 1 aromatic carbocycles. The van der Waals surface area contributed by atoms with E-state index in [1.807, 2.05) is 4.57 Å². The number of carbonyl (C=O) groups is 1. The number of hydrogen-bond acceptors (Lipinski definition) is 7. The van der Waals surface area contributed by atoms with Crippen LogP contribution >= 0.6 is 0 Å². The number of aliphatic hydroxyl groups excluding tert-OH is 1. The van der Waals surface area contributed by atoms with Crippen LogP contribution in [0, 0.1) is 0 Å². The van der Waals surface area contributed by atoms with E-state index in [-0.39, 0.29) is 18.6 Å². The zero-order valence-corrected chi connectivity index (χ0v) is 20.9. The molecule has 178 valence electrons. The van der Waals surface area contributed by atoms with Gasteiger partial charge < -0.3 is 24.9 Å². The normalized spacial score (nSPS) is 12.8. The van der Waals surface area contributed by atoms with Crippen LogP contribution in [0.1, 0.15) is 47.4 Å². The second-order valence-corrected chi connectivity index (χ2v) is 15.0. The first-order valence-electron chi connectivity index (χ1n) is 11.3. The van der Waals surface area contributed by atoms with E-state index in [4.69, 9.17) is 15.2 Å². The number of ether oxygens (including phenoxy) is 2. The number of nitrogen functional groups attached to an aromatic ring is 1. The molecule has 3 rings (SSSR count). The van der Waals surface area contributed by atoms with Crippen molar-refractivity contribution in [1.29, 1.82) is 0 Å². The van der Waals surface area contributed by atoms with Crippen LogP contribution in [0.2, 0.25) is 25.7 Å². The topological polar surface area (TPSA) is 112 Å². The zero-order valence-electron chi connectivity index (χ0n) is 19.9. The highest BCUT2D eigenvalue weighted by Gasteiger charge is 2.22. The fraction of sp³-hybridized carbons (Fsp3) is 0.458. The first-order valence-corrected chi connectivity index (χ1v) is 15.0. The molecular weight excluding hydrogens is 436 g/mol. The van der Waals surface area contributed by atoms with Gasteiger partial charge >= 0.3 is 6.01 Å². The summed E-state index contributed by atoms with van der Waals surface area (Å²) in [6.07, 6.45) is 3.48. The summed E-state index contributed by atoms with van der Waals surface area (Å²) in [7, 11) is -1.21. The number of benzene rings is 1. The van der Waals surface area contributed by atoms with Gasteiger partial charge in [0, 0.05) is 32.0 Å². The van der Waals surface area contributed by atoms with Crippen LogP contribution in [0.3, 0.4) is 0 Å². The first kappa shape index (κ1) is 24.9. The molecule has 0 saturated carbocycles. The molecule has 0 radical (unpaired) electrons. The average molecular weight is 471 g/mol. The second-order valence-electron chi connectivity index (χ2n) is 9.38. The van der Waals surface area contributed by atoms with Crippen LogP contribution in [0.4, 0.5) is 5.82 Å². The second kappa shape index (κ2) is 10.9. The third-order valence-corrected chi connectivity index (χ3v) is 7.09. The number of aliphatic hydroxyl groups is 1. The molecule has 0 bridgehead atoms. The summed E-state index contributed by atoms with van der Waals surface area (Å²) in [4.78, 5) is 19.9. The number of fused-ring (bicyclic) bond motifs is 1. The van der Waals surface area contributed by atoms with Crippen LogP contribution < -0.4 is 10.5 Å². The van der Waals surface area contributed by atoms with Crippen molar-refractivity contribution < 1.29 is 19.4 Å². The van der Waals surface area contributed by atoms with Gasteiger partial charge in [0.05, 0.1) is 6.61 Å². The molecule has 3 aromatic rings. The van der Waals surface area contributed by atoms with E-state index in [1.165, 1.54) is 0 Å². The molecule has 8 nitrogen and oxygen atoms in total. The molecule has 0 saturated heterocycles. The molecule has 0 amide bonds. The van der Waals surface area contributed by atoms with Crippen LogP contribution in [0.5, 0.6) is 6.01 Å². The van der Waals surface area contributed by atoms with Crippen molar-refractivity contribution >= 4 is 31.2 Å². The Morgan fingerprint density at radius 2 is 1.91 bits per heavy atom. The molecule has 0 aliphatic heterocycles. The highest BCUT2D eigenvalue weighted by Crippen LogP contribution is 2.33. The quantitative estimate of drug-likeness (QED) is 0.229. The third kappa shape index (κ3) is 6.40. The summed E-state index contributed by atoms with van der Waals surface area (Å²) in [5.41, 5.74) is 9.19. The van der Waals surface area contributed by atoms with Crippen molar-refractivity contribution in [2.75, 3.05) is 18.9 Å². The Bertz CT molecular complexity index is 1080. The Labute approximate surface area is 195 Å². The number of aldehydes is 1. The van der Waals surface area contributed by atoms with Crippen LogP contribution in [-0.2, 0) is 11.5 Å². The summed E-state index contributed by atoms with van der Waals surface area (Å²) >= 11 is 0. The minimum absolute atomic E-state index is 0.190. The maximum absolute atomic E-state index is 11.2. The van der Waals surface area contributed by atoms with Crippen molar-refractivity contribution in [2.24, 2.45) is 0 Å². The van der Waals surface area contributed by atoms with Crippen molar-refractivity contribution in [3.63, 3.8) is 0 Å². The van der Waals surface area contributed by atoms with Gasteiger partial charge in [-0.2, -0.15) is 9.97 Å². The molecular formula is C24H34N4O4Si. The largest absolute Gasteiger partial charge is 0.463 e. The van der Waals surface area contributed by atoms with Gasteiger partial charge in [0.15, 0.2) is 5.82 Å². The van der Waals surface area contributed by atoms with Crippen molar-refractivity contribution in [1.82, 2.24) is 14.5 Å². The van der Waals surface area contributed by atoms with E-state index in [0.29, 0.717) is 40.9 Å². The summed E-state index contributed by atoms with van der Waals surface area (Å²) in [6.45, 7) is 10.4. The van der Waals surface area contributed by atoms with E-state index < -0.39 is 14.2 Å². The van der Waals surface area contributed by atoms with Gasteiger partial charge in [0.1, 0.15) is 30.2 Å². The zero-order chi connectivity index (χ0) is 24.0. The fourth-order valence-corrected chi connectivity index (χ4v) is 4.14. The summed E-state index contributed by atoms with van der Waals surface area (Å²) in [5, 5.41) is 11.2. The molecule has 0 spiro atoms. The first-order chi connectivity index (χ1) is 15.7. The lowest BCUT2D eigenvalue weighted by Gasteiger charge is -2.16. The SMILES string of the molecule is CCCCOc1nc(N)c2c(n1)c(C(O)c1ccc(C=O)cc1)cn2COCC[Si](C)(C)C. The van der Waals surface area contributed by atoms with Gasteiger partial charge in [0.2, 0.25) is 0 Å². The Kier molecular flexibility index (Phi) is 8.23. The van der Waals surface area contributed by atoms with E-state index >= 15 is 0 Å². The van der Waals surface area contributed by atoms with E-state index in [0.717, 1.165) is 25.2 Å². The lowest BCUT2D eigenvalue weighted by atomic mass is 10.0. The predicted octanol–water partition coefficient (Wildman–Crippen LogP) is 4.40. The highest BCUT2D eigenvalue weighted by molar-refractivity contribution is 6.76. The highest BCUT2D eigenvalue weighted by atomic mass is 28.3. The van der Waals surface area contributed by atoms with Crippen molar-refractivity contribution in [3.8, 4) is 6.01 Å². The van der Waals surface area contributed by atoms with Gasteiger partial charge in [-0.15, -0.1) is 0 Å². The van der Waals surface area contributed by atoms with Crippen molar-refractivity contribution in [3.05, 3.63) is 47.2 Å². The van der Waals surface area contributed by atoms with Gasteiger partial charge in [0.25, 0.3) is 0 Å². The molecule has 0 fully saturated rings. The Morgan fingerprint density at radius 3 is 2.55 bits per heavy atom. The molecule has 1 unspecified atom stereocenters. The lowest BCUT2D eigenvalue weighted by Crippen LogP contribution is -2.22. The minimum atomic E-state index is -1.21. The molecule has 3 N–H and O–H groups in total. The number of hydrogen-bond donors (Lipinski definition) is 2. The average Bonchev–Trinajstić information content (AvgIpc) is 3.15. The standard InChI is InChI=1S/C24H34N4O4Si/c1-5-6-11-32-24-26-20-19(22(30)18-9-7-17(15-29)8-10-18)14-28(21(20)23(25)27-24)16-31-12-13-33(2,3)4/h7-10,14-15,22,30H,5-6,11-13,16H2,1-4H3,(H2,25,26,27). The van der Waals surface area contributed by atoms with Gasteiger partial charge in [-0.1, -0.05) is 57.3 Å². The summed E-state index contributed by atoms with van der Waals surface area (Å²) in [6, 6.07) is 8.04. The maximum Gasteiger partial charge on any atom is 0.319 e. The molecule has 0 aliphatic carbocycles. The van der Waals surface area contributed by atoms with Crippen LogP contribution in [0.15, 0.2) is 30.5 Å². The molecule has 0 aliphatic rings. The molecule has 2 heterocycles. The van der Waals surface area contributed by atoms with E-state index in [9.17, 15) is 9.90 Å². The fourth-order valence-electron chi connectivity index (χ4n) is 3.38. The number of nitrogens with zero attached hydrogens (tertiary/aromatic N) is 3. The molecule has 1 atom stereocenters. The van der Waals surface area contributed by atoms with Gasteiger partial charge in [-0.05, 0) is 18.0 Å². The third-order valence-electron chi connectivity index (χ3n) is 5.38. The molecule has 2 aromatic heterocycles. The Hall–Kier alpha value is -2.75.